The molecule has 0 fully saturated rings. The van der Waals surface area contributed by atoms with E-state index in [0.29, 0.717) is 12.4 Å². The van der Waals surface area contributed by atoms with Gasteiger partial charge >= 0.3 is 5.69 Å². The van der Waals surface area contributed by atoms with E-state index in [0.717, 1.165) is 0 Å². The van der Waals surface area contributed by atoms with E-state index in [9.17, 15) is 10.1 Å². The van der Waals surface area contributed by atoms with Crippen molar-refractivity contribution in [3.63, 3.8) is 0 Å². The van der Waals surface area contributed by atoms with Gasteiger partial charge in [0.15, 0.2) is 5.75 Å². The molecule has 0 aliphatic carbocycles. The zero-order valence-corrected chi connectivity index (χ0v) is 10.2. The van der Waals surface area contributed by atoms with Crippen LogP contribution in [0.5, 0.6) is 5.75 Å². The Morgan fingerprint density at radius 1 is 1.65 bits per heavy atom. The van der Waals surface area contributed by atoms with Crippen LogP contribution in [0.1, 0.15) is 12.5 Å². The molecule has 0 aliphatic heterocycles. The van der Waals surface area contributed by atoms with Crippen LogP contribution >= 0.6 is 12.6 Å². The summed E-state index contributed by atoms with van der Waals surface area (Å²) in [7, 11) is 0. The number of hydrogen-bond acceptors (Lipinski definition) is 5. The van der Waals surface area contributed by atoms with Crippen LogP contribution in [0.15, 0.2) is 18.2 Å². The van der Waals surface area contributed by atoms with Gasteiger partial charge in [-0.2, -0.15) is 17.9 Å². The SMILES string of the molecule is CC(CS)COc1ccc(C#N)cc1[N+](=O)[O-]. The van der Waals surface area contributed by atoms with Gasteiger partial charge in [-0.1, -0.05) is 6.92 Å². The fourth-order valence-corrected chi connectivity index (χ4v) is 1.24. The highest BCUT2D eigenvalue weighted by molar-refractivity contribution is 7.80. The highest BCUT2D eigenvalue weighted by Crippen LogP contribution is 2.28. The van der Waals surface area contributed by atoms with E-state index < -0.39 is 4.92 Å². The average Bonchev–Trinajstić information content (AvgIpc) is 2.35. The van der Waals surface area contributed by atoms with Gasteiger partial charge in [0.1, 0.15) is 0 Å². The first-order chi connectivity index (χ1) is 8.08. The number of nitro benzene ring substituents is 1. The summed E-state index contributed by atoms with van der Waals surface area (Å²) >= 11 is 4.10. The number of nitriles is 1. The molecule has 0 N–H and O–H groups in total. The first kappa shape index (κ1) is 13.3. The summed E-state index contributed by atoms with van der Waals surface area (Å²) in [5.74, 6) is 1.03. The fraction of sp³-hybridized carbons (Fsp3) is 0.364. The second-order valence-corrected chi connectivity index (χ2v) is 4.02. The van der Waals surface area contributed by atoms with Crippen molar-refractivity contribution in [3.05, 3.63) is 33.9 Å². The van der Waals surface area contributed by atoms with Crippen molar-refractivity contribution in [1.82, 2.24) is 0 Å². The minimum absolute atomic E-state index is 0.183. The molecule has 0 amide bonds. The molecule has 0 spiro atoms. The van der Waals surface area contributed by atoms with E-state index in [4.69, 9.17) is 10.00 Å². The van der Waals surface area contributed by atoms with Gasteiger partial charge in [-0.25, -0.2) is 0 Å². The van der Waals surface area contributed by atoms with Gasteiger partial charge < -0.3 is 4.74 Å². The zero-order valence-electron chi connectivity index (χ0n) is 9.29. The maximum Gasteiger partial charge on any atom is 0.312 e. The van der Waals surface area contributed by atoms with E-state index in [1.807, 2.05) is 13.0 Å². The molecule has 1 rings (SSSR count). The molecule has 1 aromatic rings. The standard InChI is InChI=1S/C11H12N2O3S/c1-8(7-17)6-16-11-3-2-9(5-12)4-10(11)13(14)15/h2-4,8,17H,6-7H2,1H3. The molecule has 6 heteroatoms. The van der Waals surface area contributed by atoms with Crippen molar-refractivity contribution in [2.24, 2.45) is 5.92 Å². The zero-order chi connectivity index (χ0) is 12.8. The quantitative estimate of drug-likeness (QED) is 0.496. The van der Waals surface area contributed by atoms with Gasteiger partial charge in [-0.15, -0.1) is 0 Å². The third-order valence-corrected chi connectivity index (χ3v) is 2.74. The third kappa shape index (κ3) is 3.64. The smallest absolute Gasteiger partial charge is 0.312 e. The summed E-state index contributed by atoms with van der Waals surface area (Å²) in [6.45, 7) is 2.29. The van der Waals surface area contributed by atoms with E-state index >= 15 is 0 Å². The molecule has 0 aromatic heterocycles. The molecular formula is C11H12N2O3S. The molecule has 1 unspecified atom stereocenters. The van der Waals surface area contributed by atoms with Crippen LogP contribution in [0.3, 0.4) is 0 Å². The predicted molar refractivity (Wildman–Crippen MR) is 66.3 cm³/mol. The normalized spacial score (nSPS) is 11.6. The molecule has 0 aliphatic rings. The first-order valence-electron chi connectivity index (χ1n) is 5.00. The third-order valence-electron chi connectivity index (χ3n) is 2.12. The van der Waals surface area contributed by atoms with Crippen LogP contribution < -0.4 is 4.74 Å². The fourth-order valence-electron chi connectivity index (χ4n) is 1.14. The Balaban J connectivity index is 2.92. The minimum Gasteiger partial charge on any atom is -0.486 e. The van der Waals surface area contributed by atoms with Gasteiger partial charge in [0.2, 0.25) is 0 Å². The van der Waals surface area contributed by atoms with E-state index in [1.165, 1.54) is 18.2 Å². The number of nitrogens with zero attached hydrogens (tertiary/aromatic N) is 2. The van der Waals surface area contributed by atoms with Gasteiger partial charge in [0.25, 0.3) is 0 Å². The number of hydrogen-bond donors (Lipinski definition) is 1. The lowest BCUT2D eigenvalue weighted by molar-refractivity contribution is -0.385. The van der Waals surface area contributed by atoms with Crippen LogP contribution in [-0.2, 0) is 0 Å². The highest BCUT2D eigenvalue weighted by atomic mass is 32.1. The topological polar surface area (TPSA) is 76.2 Å². The molecule has 1 atom stereocenters. The monoisotopic (exact) mass is 252 g/mol. The summed E-state index contributed by atoms with van der Waals surface area (Å²) in [4.78, 5) is 10.3. The summed E-state index contributed by atoms with van der Waals surface area (Å²) < 4.78 is 5.35. The van der Waals surface area contributed by atoms with Crippen molar-refractivity contribution in [2.75, 3.05) is 12.4 Å². The summed E-state index contributed by atoms with van der Waals surface area (Å²) in [5.41, 5.74) is 0.0571. The van der Waals surface area contributed by atoms with E-state index in [1.54, 1.807) is 0 Å². The molecule has 90 valence electrons. The molecular weight excluding hydrogens is 240 g/mol. The minimum atomic E-state index is -0.554. The maximum atomic E-state index is 10.8. The predicted octanol–water partition coefficient (Wildman–Crippen LogP) is 2.41. The number of nitro groups is 1. The lowest BCUT2D eigenvalue weighted by atomic mass is 10.2. The average molecular weight is 252 g/mol. The van der Waals surface area contributed by atoms with Crippen LogP contribution in [-0.4, -0.2) is 17.3 Å². The molecule has 17 heavy (non-hydrogen) atoms. The van der Waals surface area contributed by atoms with Crippen molar-refractivity contribution in [3.8, 4) is 11.8 Å². The van der Waals surface area contributed by atoms with Crippen LogP contribution in [0.25, 0.3) is 0 Å². The van der Waals surface area contributed by atoms with Gasteiger partial charge in [0, 0.05) is 6.07 Å². The number of benzene rings is 1. The molecule has 0 bridgehead atoms. The Morgan fingerprint density at radius 3 is 2.88 bits per heavy atom. The Labute approximate surface area is 105 Å². The molecule has 1 aromatic carbocycles. The summed E-state index contributed by atoms with van der Waals surface area (Å²) in [6.07, 6.45) is 0. The van der Waals surface area contributed by atoms with Crippen molar-refractivity contribution < 1.29 is 9.66 Å². The van der Waals surface area contributed by atoms with Crippen molar-refractivity contribution >= 4 is 18.3 Å². The molecule has 0 saturated carbocycles. The molecule has 0 heterocycles. The summed E-state index contributed by atoms with van der Waals surface area (Å²) in [6, 6.07) is 6.00. The Kier molecular flexibility index (Phi) is 4.79. The number of thiol groups is 1. The first-order valence-corrected chi connectivity index (χ1v) is 5.64. The largest absolute Gasteiger partial charge is 0.486 e. The van der Waals surface area contributed by atoms with Crippen LogP contribution in [0, 0.1) is 27.4 Å². The molecule has 0 saturated heterocycles. The van der Waals surface area contributed by atoms with Crippen LogP contribution in [0.4, 0.5) is 5.69 Å². The van der Waals surface area contributed by atoms with Crippen molar-refractivity contribution in [2.45, 2.75) is 6.92 Å². The second-order valence-electron chi connectivity index (χ2n) is 3.65. The van der Waals surface area contributed by atoms with E-state index in [2.05, 4.69) is 12.6 Å². The number of ether oxygens (including phenoxy) is 1. The van der Waals surface area contributed by atoms with Crippen LogP contribution in [0.2, 0.25) is 0 Å². The van der Waals surface area contributed by atoms with Gasteiger partial charge in [-0.05, 0) is 23.8 Å². The lowest BCUT2D eigenvalue weighted by Gasteiger charge is -2.10. The summed E-state index contributed by atoms with van der Waals surface area (Å²) in [5, 5.41) is 19.5. The second kappa shape index (κ2) is 6.11. The Bertz CT molecular complexity index is 457. The Hall–Kier alpha value is -1.74. The number of rotatable bonds is 5. The van der Waals surface area contributed by atoms with E-state index in [-0.39, 0.29) is 22.9 Å². The molecule has 5 nitrogen and oxygen atoms in total. The van der Waals surface area contributed by atoms with Crippen molar-refractivity contribution in [1.29, 1.82) is 5.26 Å². The lowest BCUT2D eigenvalue weighted by Crippen LogP contribution is -2.10. The van der Waals surface area contributed by atoms with Gasteiger partial charge in [0.05, 0.1) is 23.2 Å². The molecule has 0 radical (unpaired) electrons. The maximum absolute atomic E-state index is 10.8. The highest BCUT2D eigenvalue weighted by Gasteiger charge is 2.16. The van der Waals surface area contributed by atoms with Gasteiger partial charge in [-0.3, -0.25) is 10.1 Å². The Morgan fingerprint density at radius 2 is 2.35 bits per heavy atom.